The number of rotatable bonds is 15. The first-order chi connectivity index (χ1) is 20.6. The summed E-state index contributed by atoms with van der Waals surface area (Å²) in [5, 5.41) is 18.5. The highest BCUT2D eigenvalue weighted by molar-refractivity contribution is 8.26. The first-order valence-electron chi connectivity index (χ1n) is 15.1. The molecule has 3 heterocycles. The van der Waals surface area contributed by atoms with Crippen molar-refractivity contribution < 1.29 is 24.2 Å². The zero-order valence-electron chi connectivity index (χ0n) is 25.4. The molecule has 0 saturated carbocycles. The number of aliphatic carboxylic acids is 1. The standard InChI is InChI=1S/C31H42N4O6S2/c1-4-41-30(40)22-14-17-34(18-15-22)27-23(21(2)24(20-32)28(38)33(27)3)19-25-29(39)35(31(42)43-25)16-12-10-8-6-5-7-9-11-13-26(36)37/h19,22H,4-18H2,1-3H3,(H,36,37)/b25-19-. The Kier molecular flexibility index (Phi) is 13.3. The summed E-state index contributed by atoms with van der Waals surface area (Å²) in [5.41, 5.74) is 0.794. The van der Waals surface area contributed by atoms with Crippen LogP contribution in [0.5, 0.6) is 0 Å². The van der Waals surface area contributed by atoms with Crippen LogP contribution in [0.1, 0.15) is 94.2 Å². The maximum absolute atomic E-state index is 13.4. The molecule has 0 aromatic carbocycles. The van der Waals surface area contributed by atoms with E-state index in [1.54, 1.807) is 31.9 Å². The van der Waals surface area contributed by atoms with Crippen LogP contribution in [-0.4, -0.2) is 63.0 Å². The summed E-state index contributed by atoms with van der Waals surface area (Å²) in [6, 6.07) is 2.03. The smallest absolute Gasteiger partial charge is 0.309 e. The van der Waals surface area contributed by atoms with Gasteiger partial charge in [0.1, 0.15) is 21.8 Å². The van der Waals surface area contributed by atoms with Crippen molar-refractivity contribution in [1.82, 2.24) is 9.47 Å². The highest BCUT2D eigenvalue weighted by Gasteiger charge is 2.34. The predicted octanol–water partition coefficient (Wildman–Crippen LogP) is 5.14. The highest BCUT2D eigenvalue weighted by atomic mass is 32.2. The van der Waals surface area contributed by atoms with Gasteiger partial charge in [-0.25, -0.2) is 0 Å². The number of unbranched alkanes of at least 4 members (excludes halogenated alkanes) is 7. The van der Waals surface area contributed by atoms with Crippen molar-refractivity contribution in [2.45, 2.75) is 84.5 Å². The molecule has 2 fully saturated rings. The lowest BCUT2D eigenvalue weighted by Gasteiger charge is -2.35. The molecule has 0 aliphatic carbocycles. The van der Waals surface area contributed by atoms with Crippen LogP contribution in [0.25, 0.3) is 6.08 Å². The van der Waals surface area contributed by atoms with Crippen LogP contribution in [0.4, 0.5) is 5.82 Å². The molecule has 2 aliphatic rings. The summed E-state index contributed by atoms with van der Waals surface area (Å²) in [5.74, 6) is -0.695. The van der Waals surface area contributed by atoms with E-state index in [1.165, 1.54) is 16.3 Å². The molecule has 0 atom stereocenters. The minimum Gasteiger partial charge on any atom is -0.481 e. The van der Waals surface area contributed by atoms with Gasteiger partial charge in [-0.3, -0.25) is 28.6 Å². The maximum atomic E-state index is 13.4. The van der Waals surface area contributed by atoms with Gasteiger partial charge in [-0.15, -0.1) is 0 Å². The van der Waals surface area contributed by atoms with E-state index in [0.29, 0.717) is 65.3 Å². The number of amides is 1. The predicted molar refractivity (Wildman–Crippen MR) is 172 cm³/mol. The molecular formula is C31H42N4O6S2. The second-order valence-corrected chi connectivity index (χ2v) is 12.7. The van der Waals surface area contributed by atoms with Gasteiger partial charge in [0.2, 0.25) is 0 Å². The summed E-state index contributed by atoms with van der Waals surface area (Å²) in [6.45, 7) is 5.45. The Hall–Kier alpha value is -3.17. The van der Waals surface area contributed by atoms with Crippen LogP contribution in [0.2, 0.25) is 0 Å². The van der Waals surface area contributed by atoms with E-state index in [-0.39, 0.29) is 29.8 Å². The van der Waals surface area contributed by atoms with Gasteiger partial charge in [0.05, 0.1) is 17.4 Å². The SMILES string of the molecule is CCOC(=O)C1CCN(c2c(/C=C3\SC(=S)N(CCCCCCCCCCC(=O)O)C3=O)c(C)c(C#N)c(=O)n2C)CC1. The van der Waals surface area contributed by atoms with Crippen molar-refractivity contribution in [1.29, 1.82) is 5.26 Å². The number of ether oxygens (including phenoxy) is 1. The minimum absolute atomic E-state index is 0.0382. The normalized spacial score (nSPS) is 16.7. The number of nitrogens with zero attached hydrogens (tertiary/aromatic N) is 4. The van der Waals surface area contributed by atoms with E-state index in [9.17, 15) is 24.4 Å². The van der Waals surface area contributed by atoms with Crippen LogP contribution >= 0.6 is 24.0 Å². The first-order valence-corrected chi connectivity index (χ1v) is 16.4. The van der Waals surface area contributed by atoms with Gasteiger partial charge in [-0.1, -0.05) is 62.5 Å². The fourth-order valence-electron chi connectivity index (χ4n) is 5.61. The molecule has 1 aromatic rings. The van der Waals surface area contributed by atoms with Crippen LogP contribution in [0, 0.1) is 24.2 Å². The average Bonchev–Trinajstić information content (AvgIpc) is 3.24. The number of piperidine rings is 1. The number of hydrogen-bond acceptors (Lipinski definition) is 9. The number of thiocarbonyl (C=S) groups is 1. The number of carboxylic acid groups (broad SMARTS) is 1. The second-order valence-electron chi connectivity index (χ2n) is 11.0. The lowest BCUT2D eigenvalue weighted by Crippen LogP contribution is -2.40. The fourth-order valence-corrected chi connectivity index (χ4v) is 6.90. The molecule has 0 radical (unpaired) electrons. The average molecular weight is 631 g/mol. The number of thioether (sulfide) groups is 1. The molecule has 43 heavy (non-hydrogen) atoms. The van der Waals surface area contributed by atoms with Gasteiger partial charge in [-0.2, -0.15) is 5.26 Å². The molecule has 2 saturated heterocycles. The molecule has 12 heteroatoms. The third kappa shape index (κ3) is 8.92. The van der Waals surface area contributed by atoms with Gasteiger partial charge < -0.3 is 14.7 Å². The number of carbonyl (C=O) groups excluding carboxylic acids is 2. The number of anilines is 1. The Labute approximate surface area is 263 Å². The number of aromatic nitrogens is 1. The van der Waals surface area contributed by atoms with Crippen LogP contribution < -0.4 is 10.5 Å². The lowest BCUT2D eigenvalue weighted by atomic mass is 9.95. The monoisotopic (exact) mass is 630 g/mol. The molecule has 1 amide bonds. The number of nitriles is 1. The third-order valence-corrected chi connectivity index (χ3v) is 9.43. The van der Waals surface area contributed by atoms with Crippen molar-refractivity contribution in [3.8, 4) is 6.07 Å². The largest absolute Gasteiger partial charge is 0.481 e. The van der Waals surface area contributed by atoms with Gasteiger partial charge in [0, 0.05) is 38.7 Å². The van der Waals surface area contributed by atoms with Gasteiger partial charge in [0.15, 0.2) is 0 Å². The van der Waals surface area contributed by atoms with Crippen molar-refractivity contribution in [3.05, 3.63) is 31.9 Å². The summed E-state index contributed by atoms with van der Waals surface area (Å²) >= 11 is 6.79. The Morgan fingerprint density at radius 1 is 1.09 bits per heavy atom. The van der Waals surface area contributed by atoms with Crippen molar-refractivity contribution in [2.75, 3.05) is 31.1 Å². The van der Waals surface area contributed by atoms with Gasteiger partial charge in [-0.05, 0) is 51.2 Å². The van der Waals surface area contributed by atoms with Gasteiger partial charge >= 0.3 is 11.9 Å². The van der Waals surface area contributed by atoms with Crippen molar-refractivity contribution >= 4 is 58.0 Å². The lowest BCUT2D eigenvalue weighted by molar-refractivity contribution is -0.148. The number of esters is 1. The van der Waals surface area contributed by atoms with Crippen LogP contribution in [0.15, 0.2) is 9.70 Å². The summed E-state index contributed by atoms with van der Waals surface area (Å²) in [7, 11) is 1.63. The molecule has 3 rings (SSSR count). The van der Waals surface area contributed by atoms with Crippen molar-refractivity contribution in [3.63, 3.8) is 0 Å². The van der Waals surface area contributed by atoms with Gasteiger partial charge in [0.25, 0.3) is 11.5 Å². The molecule has 1 aromatic heterocycles. The van der Waals surface area contributed by atoms with E-state index < -0.39 is 11.5 Å². The summed E-state index contributed by atoms with van der Waals surface area (Å²) < 4.78 is 7.16. The van der Waals surface area contributed by atoms with E-state index in [4.69, 9.17) is 22.1 Å². The molecule has 0 unspecified atom stereocenters. The molecule has 2 aliphatic heterocycles. The number of carbonyl (C=O) groups is 3. The zero-order valence-corrected chi connectivity index (χ0v) is 27.0. The van der Waals surface area contributed by atoms with Crippen LogP contribution in [-0.2, 0) is 26.2 Å². The number of pyridine rings is 1. The Morgan fingerprint density at radius 3 is 2.28 bits per heavy atom. The van der Waals surface area contributed by atoms with Crippen molar-refractivity contribution in [2.24, 2.45) is 13.0 Å². The first kappa shape index (κ1) is 34.3. The maximum Gasteiger partial charge on any atom is 0.309 e. The quantitative estimate of drug-likeness (QED) is 0.120. The topological polar surface area (TPSA) is 133 Å². The molecule has 234 valence electrons. The Balaban J connectivity index is 1.68. The zero-order chi connectivity index (χ0) is 31.5. The summed E-state index contributed by atoms with van der Waals surface area (Å²) in [4.78, 5) is 53.5. The molecule has 0 bridgehead atoms. The highest BCUT2D eigenvalue weighted by Crippen LogP contribution is 2.36. The van der Waals surface area contributed by atoms with E-state index in [1.807, 2.05) is 11.0 Å². The second kappa shape index (κ2) is 16.6. The molecule has 1 N–H and O–H groups in total. The van der Waals surface area contributed by atoms with E-state index in [0.717, 1.165) is 51.4 Å². The van der Waals surface area contributed by atoms with E-state index >= 15 is 0 Å². The van der Waals surface area contributed by atoms with Crippen LogP contribution in [0.3, 0.4) is 0 Å². The summed E-state index contributed by atoms with van der Waals surface area (Å²) in [6.07, 6.45) is 10.9. The van der Waals surface area contributed by atoms with E-state index in [2.05, 4.69) is 0 Å². The number of carboxylic acids is 1. The molecule has 0 spiro atoms. The minimum atomic E-state index is -0.741. The molecular weight excluding hydrogens is 588 g/mol. The molecule has 10 nitrogen and oxygen atoms in total. The Morgan fingerprint density at radius 2 is 1.70 bits per heavy atom. The third-order valence-electron chi connectivity index (χ3n) is 8.05. The number of hydrogen-bond donors (Lipinski definition) is 1. The fraction of sp³-hybridized carbons (Fsp3) is 0.613. The Bertz CT molecular complexity index is 1340.